The van der Waals surface area contributed by atoms with E-state index < -0.39 is 11.2 Å². The second-order valence-corrected chi connectivity index (χ2v) is 6.07. The van der Waals surface area contributed by atoms with Crippen molar-refractivity contribution in [3.8, 4) is 0 Å². The highest BCUT2D eigenvalue weighted by Crippen LogP contribution is 2.18. The Hall–Kier alpha value is -3.29. The van der Waals surface area contributed by atoms with Crippen LogP contribution in [0.15, 0.2) is 40.1 Å². The minimum atomic E-state index is -0.494. The molecule has 0 aliphatic rings. The number of benzene rings is 1. The van der Waals surface area contributed by atoms with Crippen molar-refractivity contribution in [1.29, 1.82) is 0 Å². The van der Waals surface area contributed by atoms with E-state index in [0.717, 1.165) is 22.2 Å². The lowest BCUT2D eigenvalue weighted by molar-refractivity contribution is 0.240. The molecule has 0 radical (unpaired) electrons. The van der Waals surface area contributed by atoms with Gasteiger partial charge in [0.2, 0.25) is 0 Å². The monoisotopic (exact) mass is 355 g/mol. The summed E-state index contributed by atoms with van der Waals surface area (Å²) in [5.74, 6) is 0. The first kappa shape index (κ1) is 17.5. The number of urea groups is 1. The lowest BCUT2D eigenvalue weighted by atomic mass is 10.1. The first-order valence-electron chi connectivity index (χ1n) is 8.39. The van der Waals surface area contributed by atoms with Gasteiger partial charge >= 0.3 is 11.7 Å². The molecule has 8 nitrogen and oxygen atoms in total. The zero-order valence-corrected chi connectivity index (χ0v) is 14.7. The molecule has 0 saturated heterocycles. The van der Waals surface area contributed by atoms with Crippen molar-refractivity contribution in [3.05, 3.63) is 68.1 Å². The number of carbonyl (C=O) groups excluding carboxylic acids is 1. The fraction of sp³-hybridized carbons (Fsp3) is 0.278. The highest BCUT2D eigenvalue weighted by atomic mass is 16.2. The molecule has 0 aliphatic heterocycles. The SMILES string of the molecule is CCn1cc(CNC(=O)NCc2cccc3cc(C)[nH]c23)c(=O)[nH]c1=O. The number of aromatic nitrogens is 3. The van der Waals surface area contributed by atoms with Gasteiger partial charge < -0.3 is 20.2 Å². The van der Waals surface area contributed by atoms with Gasteiger partial charge in [0, 0.05) is 25.0 Å². The normalized spacial score (nSPS) is 10.8. The molecule has 136 valence electrons. The number of hydrogen-bond acceptors (Lipinski definition) is 3. The van der Waals surface area contributed by atoms with Gasteiger partial charge in [0.1, 0.15) is 0 Å². The summed E-state index contributed by atoms with van der Waals surface area (Å²) in [6.07, 6.45) is 1.46. The minimum Gasteiger partial charge on any atom is -0.358 e. The Balaban J connectivity index is 1.63. The first-order valence-corrected chi connectivity index (χ1v) is 8.39. The molecule has 0 bridgehead atoms. The van der Waals surface area contributed by atoms with Gasteiger partial charge in [-0.3, -0.25) is 9.78 Å². The van der Waals surface area contributed by atoms with Gasteiger partial charge in [-0.1, -0.05) is 18.2 Å². The van der Waals surface area contributed by atoms with Gasteiger partial charge in [-0.05, 0) is 30.9 Å². The predicted octanol–water partition coefficient (Wildman–Crippen LogP) is 1.35. The fourth-order valence-electron chi connectivity index (χ4n) is 2.84. The van der Waals surface area contributed by atoms with E-state index in [1.165, 1.54) is 10.8 Å². The third-order valence-corrected chi connectivity index (χ3v) is 4.18. The van der Waals surface area contributed by atoms with Crippen LogP contribution in [0.5, 0.6) is 0 Å². The molecule has 0 spiro atoms. The van der Waals surface area contributed by atoms with Gasteiger partial charge in [0.15, 0.2) is 0 Å². The summed E-state index contributed by atoms with van der Waals surface area (Å²) in [5.41, 5.74) is 2.40. The van der Waals surface area contributed by atoms with Crippen molar-refractivity contribution < 1.29 is 4.79 Å². The number of aryl methyl sites for hydroxylation is 2. The molecule has 2 amide bonds. The third-order valence-electron chi connectivity index (χ3n) is 4.18. The van der Waals surface area contributed by atoms with Crippen molar-refractivity contribution in [1.82, 2.24) is 25.2 Å². The molecule has 0 atom stereocenters. The second-order valence-electron chi connectivity index (χ2n) is 6.07. The van der Waals surface area contributed by atoms with E-state index in [-0.39, 0.29) is 12.6 Å². The number of amides is 2. The van der Waals surface area contributed by atoms with Gasteiger partial charge in [-0.15, -0.1) is 0 Å². The van der Waals surface area contributed by atoms with Gasteiger partial charge in [-0.25, -0.2) is 9.59 Å². The zero-order valence-electron chi connectivity index (χ0n) is 14.7. The van der Waals surface area contributed by atoms with Crippen LogP contribution in [0.25, 0.3) is 10.9 Å². The molecule has 8 heteroatoms. The van der Waals surface area contributed by atoms with E-state index in [0.29, 0.717) is 18.7 Å². The van der Waals surface area contributed by atoms with Crippen molar-refractivity contribution in [3.63, 3.8) is 0 Å². The molecule has 0 saturated carbocycles. The summed E-state index contributed by atoms with van der Waals surface area (Å²) in [5, 5.41) is 6.51. The highest BCUT2D eigenvalue weighted by molar-refractivity contribution is 5.84. The third kappa shape index (κ3) is 3.69. The quantitative estimate of drug-likeness (QED) is 0.554. The maximum Gasteiger partial charge on any atom is 0.328 e. The van der Waals surface area contributed by atoms with Crippen LogP contribution in [0.1, 0.15) is 23.7 Å². The second kappa shape index (κ2) is 7.30. The standard InChI is InChI=1S/C18H21N5O3/c1-3-23-10-14(16(24)22-18(23)26)9-20-17(25)19-8-13-6-4-5-12-7-11(2)21-15(12)13/h4-7,10,21H,3,8-9H2,1-2H3,(H2,19,20,25)(H,22,24,26). The lowest BCUT2D eigenvalue weighted by Crippen LogP contribution is -2.38. The molecule has 2 aromatic heterocycles. The number of aromatic amines is 2. The summed E-state index contributed by atoms with van der Waals surface area (Å²) in [6, 6.07) is 7.56. The Kier molecular flexibility index (Phi) is 4.92. The summed E-state index contributed by atoms with van der Waals surface area (Å²) < 4.78 is 1.38. The fourth-order valence-corrected chi connectivity index (χ4v) is 2.84. The van der Waals surface area contributed by atoms with Crippen molar-refractivity contribution in [2.75, 3.05) is 0 Å². The average Bonchev–Trinajstić information content (AvgIpc) is 3.00. The number of fused-ring (bicyclic) bond motifs is 1. The maximum atomic E-state index is 12.1. The van der Waals surface area contributed by atoms with Gasteiger partial charge in [-0.2, -0.15) is 0 Å². The minimum absolute atomic E-state index is 0.0350. The molecule has 0 fully saturated rings. The highest BCUT2D eigenvalue weighted by Gasteiger charge is 2.08. The van der Waals surface area contributed by atoms with Crippen LogP contribution < -0.4 is 21.9 Å². The molecule has 3 aromatic rings. The Morgan fingerprint density at radius 1 is 1.12 bits per heavy atom. The Bertz CT molecular complexity index is 1060. The van der Waals surface area contributed by atoms with E-state index >= 15 is 0 Å². The van der Waals surface area contributed by atoms with Crippen molar-refractivity contribution >= 4 is 16.9 Å². The predicted molar refractivity (Wildman–Crippen MR) is 99.1 cm³/mol. The van der Waals surface area contributed by atoms with Crippen molar-refractivity contribution in [2.24, 2.45) is 0 Å². The van der Waals surface area contributed by atoms with Crippen LogP contribution in [0.2, 0.25) is 0 Å². The van der Waals surface area contributed by atoms with Crippen LogP contribution >= 0.6 is 0 Å². The number of H-pyrrole nitrogens is 2. The number of nitrogens with zero attached hydrogens (tertiary/aromatic N) is 1. The molecule has 1 aromatic carbocycles. The summed E-state index contributed by atoms with van der Waals surface area (Å²) in [7, 11) is 0. The molecular weight excluding hydrogens is 334 g/mol. The van der Waals surface area contributed by atoms with E-state index in [1.807, 2.05) is 31.2 Å². The molecular formula is C18H21N5O3. The molecule has 0 unspecified atom stereocenters. The average molecular weight is 355 g/mol. The maximum absolute atomic E-state index is 12.1. The van der Waals surface area contributed by atoms with Crippen LogP contribution in [-0.2, 0) is 19.6 Å². The topological polar surface area (TPSA) is 112 Å². The van der Waals surface area contributed by atoms with E-state index in [9.17, 15) is 14.4 Å². The molecule has 3 rings (SSSR count). The number of rotatable bonds is 5. The van der Waals surface area contributed by atoms with E-state index in [4.69, 9.17) is 0 Å². The zero-order chi connectivity index (χ0) is 18.7. The number of carbonyl (C=O) groups is 1. The molecule has 4 N–H and O–H groups in total. The Labute approximate surface area is 149 Å². The number of para-hydroxylation sites is 1. The Morgan fingerprint density at radius 3 is 2.58 bits per heavy atom. The van der Waals surface area contributed by atoms with Crippen molar-refractivity contribution in [2.45, 2.75) is 33.5 Å². The number of nitrogens with one attached hydrogen (secondary N) is 4. The largest absolute Gasteiger partial charge is 0.358 e. The summed E-state index contributed by atoms with van der Waals surface area (Å²) in [4.78, 5) is 40.9. The molecule has 2 heterocycles. The van der Waals surface area contributed by atoms with Crippen LogP contribution in [-0.4, -0.2) is 20.6 Å². The van der Waals surface area contributed by atoms with Gasteiger partial charge in [0.05, 0.1) is 17.6 Å². The smallest absolute Gasteiger partial charge is 0.328 e. The molecule has 26 heavy (non-hydrogen) atoms. The summed E-state index contributed by atoms with van der Waals surface area (Å²) in [6.45, 7) is 4.61. The summed E-state index contributed by atoms with van der Waals surface area (Å²) >= 11 is 0. The van der Waals surface area contributed by atoms with E-state index in [1.54, 1.807) is 6.92 Å². The van der Waals surface area contributed by atoms with Crippen LogP contribution in [0.3, 0.4) is 0 Å². The van der Waals surface area contributed by atoms with Crippen LogP contribution in [0, 0.1) is 6.92 Å². The van der Waals surface area contributed by atoms with Gasteiger partial charge in [0.25, 0.3) is 5.56 Å². The first-order chi connectivity index (χ1) is 12.5. The number of hydrogen-bond donors (Lipinski definition) is 4. The lowest BCUT2D eigenvalue weighted by Gasteiger charge is -2.09. The Morgan fingerprint density at radius 2 is 1.85 bits per heavy atom. The van der Waals surface area contributed by atoms with Crippen LogP contribution in [0.4, 0.5) is 4.79 Å². The molecule has 0 aliphatic carbocycles. The van der Waals surface area contributed by atoms with E-state index in [2.05, 4.69) is 20.6 Å².